The Hall–Kier alpha value is -2.34. The smallest absolute Gasteiger partial charge is 0.0734 e. The van der Waals surface area contributed by atoms with Gasteiger partial charge in [-0.1, -0.05) is 18.2 Å². The summed E-state index contributed by atoms with van der Waals surface area (Å²) in [5.74, 6) is 0. The summed E-state index contributed by atoms with van der Waals surface area (Å²) in [6.45, 7) is 2.53. The van der Waals surface area contributed by atoms with Gasteiger partial charge in [-0.15, -0.1) is 0 Å². The van der Waals surface area contributed by atoms with Crippen molar-refractivity contribution in [1.29, 1.82) is 0 Å². The molecule has 0 fully saturated rings. The Morgan fingerprint density at radius 2 is 1.88 bits per heavy atom. The third-order valence-corrected chi connectivity index (χ3v) is 3.96. The molecule has 5 heteroatoms. The summed E-state index contributed by atoms with van der Waals surface area (Å²) in [5, 5.41) is 16.9. The van der Waals surface area contributed by atoms with Gasteiger partial charge in [0.1, 0.15) is 0 Å². The second kappa shape index (κ2) is 9.08. The summed E-state index contributed by atoms with van der Waals surface area (Å²) in [5.41, 5.74) is 7.96. The van der Waals surface area contributed by atoms with E-state index in [9.17, 15) is 0 Å². The number of fused-ring (bicyclic) bond motifs is 1. The Morgan fingerprint density at radius 3 is 2.58 bits per heavy atom. The zero-order valence-corrected chi connectivity index (χ0v) is 14.0. The van der Waals surface area contributed by atoms with Crippen molar-refractivity contribution in [3.05, 3.63) is 71.2 Å². The summed E-state index contributed by atoms with van der Waals surface area (Å²) in [7, 11) is 1.00. The second-order valence-electron chi connectivity index (χ2n) is 5.46. The van der Waals surface area contributed by atoms with E-state index in [1.807, 2.05) is 18.5 Å². The molecule has 0 saturated carbocycles. The summed E-state index contributed by atoms with van der Waals surface area (Å²) in [4.78, 5) is 8.71. The molecule has 0 spiro atoms. The molecule has 0 aliphatic rings. The van der Waals surface area contributed by atoms with Crippen LogP contribution in [-0.2, 0) is 19.4 Å². The number of aliphatic hydroxyl groups excluding tert-OH is 1. The minimum atomic E-state index is 0.407. The van der Waals surface area contributed by atoms with Crippen molar-refractivity contribution in [3.63, 3.8) is 0 Å². The van der Waals surface area contributed by atoms with E-state index in [2.05, 4.69) is 46.6 Å². The lowest BCUT2D eigenvalue weighted by atomic mass is 9.98. The van der Waals surface area contributed by atoms with Gasteiger partial charge in [0, 0.05) is 37.6 Å². The summed E-state index contributed by atoms with van der Waals surface area (Å²) < 4.78 is 0. The number of rotatable bonds is 5. The van der Waals surface area contributed by atoms with Crippen LogP contribution >= 0.6 is 0 Å². The maximum absolute atomic E-state index is 8.79. The van der Waals surface area contributed by atoms with E-state index in [-0.39, 0.29) is 0 Å². The minimum Gasteiger partial charge on any atom is -0.400 e. The van der Waals surface area contributed by atoms with Gasteiger partial charge in [-0.2, -0.15) is 0 Å². The van der Waals surface area contributed by atoms with E-state index in [0.29, 0.717) is 6.54 Å². The lowest BCUT2D eigenvalue weighted by Gasteiger charge is -2.10. The highest BCUT2D eigenvalue weighted by atomic mass is 16.5. The maximum Gasteiger partial charge on any atom is 0.0734 e. The summed E-state index contributed by atoms with van der Waals surface area (Å²) in [6, 6.07) is 10.4. The molecule has 3 aromatic rings. The van der Waals surface area contributed by atoms with Crippen LogP contribution in [0.25, 0.3) is 10.9 Å². The van der Waals surface area contributed by atoms with Crippen molar-refractivity contribution in [2.75, 3.05) is 7.11 Å². The lowest BCUT2D eigenvalue weighted by Crippen LogP contribution is -2.06. The maximum atomic E-state index is 8.79. The Labute approximate surface area is 142 Å². The zero-order valence-electron chi connectivity index (χ0n) is 14.0. The quantitative estimate of drug-likeness (QED) is 0.629. The average Bonchev–Trinajstić information content (AvgIpc) is 2.64. The Kier molecular flexibility index (Phi) is 6.81. The van der Waals surface area contributed by atoms with Crippen LogP contribution in [0.15, 0.2) is 48.9 Å². The molecule has 0 amide bonds. The zero-order chi connectivity index (χ0) is 17.4. The molecule has 0 saturated heterocycles. The van der Waals surface area contributed by atoms with Crippen LogP contribution in [0.5, 0.6) is 0 Å². The fourth-order valence-electron chi connectivity index (χ4n) is 2.72. The molecule has 3 rings (SSSR count). The van der Waals surface area contributed by atoms with Crippen molar-refractivity contribution < 1.29 is 10.3 Å². The van der Waals surface area contributed by atoms with Crippen LogP contribution in [0.4, 0.5) is 0 Å². The first-order chi connectivity index (χ1) is 11.8. The molecule has 0 radical (unpaired) electrons. The number of pyridine rings is 2. The fraction of sp³-hybridized carbons (Fsp3) is 0.263. The number of benzene rings is 1. The largest absolute Gasteiger partial charge is 0.400 e. The van der Waals surface area contributed by atoms with E-state index >= 15 is 0 Å². The molecule has 2 aromatic heterocycles. The normalized spacial score (nSPS) is 10.3. The van der Waals surface area contributed by atoms with Crippen molar-refractivity contribution in [3.8, 4) is 0 Å². The summed E-state index contributed by atoms with van der Waals surface area (Å²) in [6.07, 6.45) is 7.49. The number of nitrogens with zero attached hydrogens (tertiary/aromatic N) is 2. The van der Waals surface area contributed by atoms with Gasteiger partial charge in [-0.3, -0.25) is 9.97 Å². The van der Waals surface area contributed by atoms with E-state index < -0.39 is 0 Å². The van der Waals surface area contributed by atoms with Crippen LogP contribution in [-0.4, -0.2) is 27.4 Å². The van der Waals surface area contributed by atoms with Crippen LogP contribution in [0.2, 0.25) is 0 Å². The second-order valence-corrected chi connectivity index (χ2v) is 5.46. The number of aliphatic hydroxyl groups is 1. The van der Waals surface area contributed by atoms with E-state index in [4.69, 9.17) is 10.3 Å². The van der Waals surface area contributed by atoms with Crippen LogP contribution < -0.4 is 5.48 Å². The number of nitrogens with one attached hydrogen (secondary N) is 1. The van der Waals surface area contributed by atoms with Crippen molar-refractivity contribution >= 4 is 10.9 Å². The fourth-order valence-corrected chi connectivity index (χ4v) is 2.72. The van der Waals surface area contributed by atoms with Crippen molar-refractivity contribution in [1.82, 2.24) is 15.4 Å². The first-order valence-corrected chi connectivity index (χ1v) is 7.85. The monoisotopic (exact) mass is 325 g/mol. The highest BCUT2D eigenvalue weighted by Crippen LogP contribution is 2.22. The van der Waals surface area contributed by atoms with Gasteiger partial charge in [0.25, 0.3) is 0 Å². The molecule has 2 heterocycles. The van der Waals surface area contributed by atoms with Crippen LogP contribution in [0, 0.1) is 6.92 Å². The number of hydroxylamine groups is 1. The van der Waals surface area contributed by atoms with Crippen molar-refractivity contribution in [2.24, 2.45) is 0 Å². The predicted molar refractivity (Wildman–Crippen MR) is 94.9 cm³/mol. The van der Waals surface area contributed by atoms with Gasteiger partial charge in [-0.05, 0) is 54.2 Å². The standard InChI is InChI=1S/C18H19N3O.CH4O/c1-13-16(5-4-14-3-2-8-19-10-14)6-7-17-9-15(12-21-22)11-20-18(13)17;1-2/h2-3,6-11,21-22H,4-5,12H2,1H3;2H,1H3. The van der Waals surface area contributed by atoms with E-state index in [0.717, 1.165) is 36.4 Å². The highest BCUT2D eigenvalue weighted by molar-refractivity contribution is 5.83. The number of aromatic nitrogens is 2. The molecule has 0 unspecified atom stereocenters. The Bertz CT molecular complexity index is 776. The third kappa shape index (κ3) is 4.35. The molecule has 0 bridgehead atoms. The minimum absolute atomic E-state index is 0.407. The molecule has 126 valence electrons. The van der Waals surface area contributed by atoms with Gasteiger partial charge in [-0.25, -0.2) is 5.48 Å². The molecular formula is C19H23N3O2. The SMILES string of the molecule is CO.Cc1c(CCc2cccnc2)ccc2cc(CNO)cnc12. The molecule has 0 aliphatic heterocycles. The molecular weight excluding hydrogens is 302 g/mol. The lowest BCUT2D eigenvalue weighted by molar-refractivity contribution is 0.161. The van der Waals surface area contributed by atoms with Gasteiger partial charge in [0.15, 0.2) is 0 Å². The highest BCUT2D eigenvalue weighted by Gasteiger charge is 2.06. The number of aryl methyl sites for hydroxylation is 3. The van der Waals surface area contributed by atoms with E-state index in [1.165, 1.54) is 16.7 Å². The van der Waals surface area contributed by atoms with Gasteiger partial charge in [0.2, 0.25) is 0 Å². The van der Waals surface area contributed by atoms with Crippen LogP contribution in [0.1, 0.15) is 22.3 Å². The van der Waals surface area contributed by atoms with E-state index in [1.54, 1.807) is 6.20 Å². The Balaban J connectivity index is 0.00000100. The molecule has 0 aliphatic carbocycles. The van der Waals surface area contributed by atoms with Gasteiger partial charge >= 0.3 is 0 Å². The van der Waals surface area contributed by atoms with Gasteiger partial charge < -0.3 is 10.3 Å². The number of hydrogen-bond donors (Lipinski definition) is 3. The number of hydrogen-bond acceptors (Lipinski definition) is 5. The Morgan fingerprint density at radius 1 is 1.04 bits per heavy atom. The molecule has 5 nitrogen and oxygen atoms in total. The topological polar surface area (TPSA) is 78.3 Å². The predicted octanol–water partition coefficient (Wildman–Crippen LogP) is 2.81. The first-order valence-electron chi connectivity index (χ1n) is 7.85. The first kappa shape index (κ1) is 18.0. The average molecular weight is 325 g/mol. The summed E-state index contributed by atoms with van der Waals surface area (Å²) >= 11 is 0. The molecule has 0 atom stereocenters. The van der Waals surface area contributed by atoms with Crippen molar-refractivity contribution in [2.45, 2.75) is 26.3 Å². The van der Waals surface area contributed by atoms with Crippen LogP contribution in [0.3, 0.4) is 0 Å². The molecule has 1 aromatic carbocycles. The van der Waals surface area contributed by atoms with Gasteiger partial charge in [0.05, 0.1) is 5.52 Å². The molecule has 24 heavy (non-hydrogen) atoms. The third-order valence-electron chi connectivity index (χ3n) is 3.96. The molecule has 3 N–H and O–H groups in total.